The van der Waals surface area contributed by atoms with E-state index in [1.165, 1.54) is 5.56 Å². The first-order chi connectivity index (χ1) is 11.1. The summed E-state index contributed by atoms with van der Waals surface area (Å²) in [6.45, 7) is 4.58. The van der Waals surface area contributed by atoms with Crippen molar-refractivity contribution >= 4 is 23.0 Å². The van der Waals surface area contributed by atoms with E-state index in [1.807, 2.05) is 44.2 Å². The van der Waals surface area contributed by atoms with Crippen LogP contribution in [-0.2, 0) is 0 Å². The normalized spacial score (nSPS) is 11.4. The lowest BCUT2D eigenvalue weighted by Gasteiger charge is -2.17. The monoisotopic (exact) mass is 331 g/mol. The number of hydrogen-bond donors (Lipinski definition) is 2. The van der Waals surface area contributed by atoms with Crippen molar-refractivity contribution < 1.29 is 9.47 Å². The molecular weight excluding hydrogens is 310 g/mol. The van der Waals surface area contributed by atoms with Gasteiger partial charge in [0.15, 0.2) is 5.11 Å². The molecule has 0 saturated heterocycles. The molecule has 1 aromatic heterocycles. The summed E-state index contributed by atoms with van der Waals surface area (Å²) in [7, 11) is 1.58. The molecule has 0 fully saturated rings. The fraction of sp³-hybridized carbons (Fsp3) is 0.294. The van der Waals surface area contributed by atoms with Crippen molar-refractivity contribution in [2.24, 2.45) is 0 Å². The van der Waals surface area contributed by atoms with E-state index in [2.05, 4.69) is 15.6 Å². The van der Waals surface area contributed by atoms with E-state index in [0.717, 1.165) is 11.4 Å². The number of methoxy groups -OCH3 is 1. The van der Waals surface area contributed by atoms with Gasteiger partial charge in [0.25, 0.3) is 0 Å². The highest BCUT2D eigenvalue weighted by Crippen LogP contribution is 2.12. The zero-order valence-corrected chi connectivity index (χ0v) is 14.3. The van der Waals surface area contributed by atoms with Gasteiger partial charge in [-0.3, -0.25) is 0 Å². The average molecular weight is 331 g/mol. The maximum Gasteiger partial charge on any atom is 0.213 e. The Kier molecular flexibility index (Phi) is 6.17. The number of ether oxygens (including phenoxy) is 2. The van der Waals surface area contributed by atoms with Crippen molar-refractivity contribution in [2.75, 3.05) is 19.0 Å². The highest BCUT2D eigenvalue weighted by Gasteiger charge is 2.06. The highest BCUT2D eigenvalue weighted by atomic mass is 32.1. The smallest absolute Gasteiger partial charge is 0.213 e. The Labute approximate surface area is 142 Å². The maximum absolute atomic E-state index is 5.73. The van der Waals surface area contributed by atoms with Crippen LogP contribution in [0.25, 0.3) is 0 Å². The van der Waals surface area contributed by atoms with Crippen LogP contribution in [0.2, 0.25) is 0 Å². The molecule has 2 aromatic rings. The standard InChI is InChI=1S/C17H21N3O2S/c1-12-4-7-15(8-5-12)22-11-13(2)19-17(23)20-14-6-9-16(21-3)18-10-14/h4-10,13H,11H2,1-3H3,(H2,19,20,23)/t13-/m1/s1. The van der Waals surface area contributed by atoms with Gasteiger partial charge in [-0.15, -0.1) is 0 Å². The maximum atomic E-state index is 5.73. The molecule has 23 heavy (non-hydrogen) atoms. The second-order valence-electron chi connectivity index (χ2n) is 5.21. The molecule has 0 unspecified atom stereocenters. The fourth-order valence-corrected chi connectivity index (χ4v) is 2.18. The van der Waals surface area contributed by atoms with Gasteiger partial charge in [0, 0.05) is 6.07 Å². The second kappa shape index (κ2) is 8.33. The van der Waals surface area contributed by atoms with Gasteiger partial charge in [-0.25, -0.2) is 4.98 Å². The lowest BCUT2D eigenvalue weighted by atomic mass is 10.2. The van der Waals surface area contributed by atoms with Crippen LogP contribution in [-0.4, -0.2) is 29.9 Å². The average Bonchev–Trinajstić information content (AvgIpc) is 2.55. The van der Waals surface area contributed by atoms with Crippen LogP contribution in [0.15, 0.2) is 42.6 Å². The predicted molar refractivity (Wildman–Crippen MR) is 96.3 cm³/mol. The first-order valence-electron chi connectivity index (χ1n) is 7.34. The number of thiocarbonyl (C=S) groups is 1. The molecule has 0 radical (unpaired) electrons. The topological polar surface area (TPSA) is 55.4 Å². The Hall–Kier alpha value is -2.34. The van der Waals surface area contributed by atoms with Gasteiger partial charge in [-0.05, 0) is 44.3 Å². The molecule has 0 saturated carbocycles. The van der Waals surface area contributed by atoms with Gasteiger partial charge in [0.05, 0.1) is 25.0 Å². The number of pyridine rings is 1. The van der Waals surface area contributed by atoms with Crippen LogP contribution in [0.5, 0.6) is 11.6 Å². The number of hydrogen-bond acceptors (Lipinski definition) is 4. The molecule has 5 nitrogen and oxygen atoms in total. The zero-order valence-electron chi connectivity index (χ0n) is 13.5. The molecule has 0 aliphatic heterocycles. The zero-order chi connectivity index (χ0) is 16.7. The number of aryl methyl sites for hydroxylation is 1. The molecule has 0 bridgehead atoms. The lowest BCUT2D eigenvalue weighted by Crippen LogP contribution is -2.39. The Bertz CT molecular complexity index is 629. The summed E-state index contributed by atoms with van der Waals surface area (Å²) < 4.78 is 10.7. The van der Waals surface area contributed by atoms with Gasteiger partial charge in [0.1, 0.15) is 12.4 Å². The van der Waals surface area contributed by atoms with Gasteiger partial charge in [-0.1, -0.05) is 17.7 Å². The molecule has 2 rings (SSSR count). The van der Waals surface area contributed by atoms with Crippen LogP contribution in [0.4, 0.5) is 5.69 Å². The molecule has 0 spiro atoms. The Morgan fingerprint density at radius 2 is 1.96 bits per heavy atom. The third kappa shape index (κ3) is 5.75. The first-order valence-corrected chi connectivity index (χ1v) is 7.74. The summed E-state index contributed by atoms with van der Waals surface area (Å²) in [5, 5.41) is 6.78. The summed E-state index contributed by atoms with van der Waals surface area (Å²) in [6.07, 6.45) is 1.67. The van der Waals surface area contributed by atoms with Gasteiger partial charge >= 0.3 is 0 Å². The predicted octanol–water partition coefficient (Wildman–Crippen LogP) is 3.15. The van der Waals surface area contributed by atoms with Gasteiger partial charge in [0.2, 0.25) is 5.88 Å². The summed E-state index contributed by atoms with van der Waals surface area (Å²) in [5.74, 6) is 1.41. The largest absolute Gasteiger partial charge is 0.491 e. The van der Waals surface area contributed by atoms with E-state index in [0.29, 0.717) is 17.6 Å². The van der Waals surface area contributed by atoms with Crippen molar-refractivity contribution in [1.82, 2.24) is 10.3 Å². The van der Waals surface area contributed by atoms with Crippen LogP contribution in [0, 0.1) is 6.92 Å². The third-order valence-corrected chi connectivity index (χ3v) is 3.32. The summed E-state index contributed by atoms with van der Waals surface area (Å²) >= 11 is 5.28. The Morgan fingerprint density at radius 3 is 2.57 bits per heavy atom. The molecule has 0 aliphatic carbocycles. The van der Waals surface area contributed by atoms with Crippen LogP contribution >= 0.6 is 12.2 Å². The highest BCUT2D eigenvalue weighted by molar-refractivity contribution is 7.80. The minimum Gasteiger partial charge on any atom is -0.491 e. The van der Waals surface area contributed by atoms with Crippen molar-refractivity contribution in [3.8, 4) is 11.6 Å². The molecule has 2 N–H and O–H groups in total. The SMILES string of the molecule is COc1ccc(NC(=S)N[C@H](C)COc2ccc(C)cc2)cn1. The first kappa shape index (κ1) is 17.0. The minimum absolute atomic E-state index is 0.0718. The number of rotatable bonds is 6. The number of anilines is 1. The molecular formula is C17H21N3O2S. The molecule has 122 valence electrons. The molecule has 1 aromatic carbocycles. The van der Waals surface area contributed by atoms with Crippen LogP contribution in [0.3, 0.4) is 0 Å². The molecule has 0 aliphatic rings. The van der Waals surface area contributed by atoms with Crippen molar-refractivity contribution in [2.45, 2.75) is 19.9 Å². The van der Waals surface area contributed by atoms with Crippen molar-refractivity contribution in [3.63, 3.8) is 0 Å². The van der Waals surface area contributed by atoms with E-state index in [4.69, 9.17) is 21.7 Å². The number of benzene rings is 1. The number of nitrogens with zero attached hydrogens (tertiary/aromatic N) is 1. The van der Waals surface area contributed by atoms with Gasteiger partial charge < -0.3 is 20.1 Å². The fourth-order valence-electron chi connectivity index (χ4n) is 1.86. The van der Waals surface area contributed by atoms with Gasteiger partial charge in [-0.2, -0.15) is 0 Å². The second-order valence-corrected chi connectivity index (χ2v) is 5.62. The van der Waals surface area contributed by atoms with Crippen LogP contribution < -0.4 is 20.1 Å². The Balaban J connectivity index is 1.76. The summed E-state index contributed by atoms with van der Waals surface area (Å²) in [5.41, 5.74) is 2.01. The van der Waals surface area contributed by atoms with E-state index < -0.39 is 0 Å². The van der Waals surface area contributed by atoms with Crippen LogP contribution in [0.1, 0.15) is 12.5 Å². The summed E-state index contributed by atoms with van der Waals surface area (Å²) in [4.78, 5) is 4.12. The summed E-state index contributed by atoms with van der Waals surface area (Å²) in [6, 6.07) is 11.7. The minimum atomic E-state index is 0.0718. The third-order valence-electron chi connectivity index (χ3n) is 3.10. The lowest BCUT2D eigenvalue weighted by molar-refractivity contribution is 0.287. The van der Waals surface area contributed by atoms with Crippen molar-refractivity contribution in [1.29, 1.82) is 0 Å². The molecule has 1 heterocycles. The van der Waals surface area contributed by atoms with E-state index in [9.17, 15) is 0 Å². The molecule has 1 atom stereocenters. The Morgan fingerprint density at radius 1 is 1.22 bits per heavy atom. The van der Waals surface area contributed by atoms with Crippen molar-refractivity contribution in [3.05, 3.63) is 48.2 Å². The van der Waals surface area contributed by atoms with E-state index in [1.54, 1.807) is 19.4 Å². The number of aromatic nitrogens is 1. The molecule has 6 heteroatoms. The van der Waals surface area contributed by atoms with E-state index >= 15 is 0 Å². The number of nitrogens with one attached hydrogen (secondary N) is 2. The quantitative estimate of drug-likeness (QED) is 0.793. The molecule has 0 amide bonds. The van der Waals surface area contributed by atoms with E-state index in [-0.39, 0.29) is 6.04 Å².